The second-order valence-electron chi connectivity index (χ2n) is 5.02. The van der Waals surface area contributed by atoms with Crippen LogP contribution in [-0.2, 0) is 9.53 Å². The first-order chi connectivity index (χ1) is 11.5. The van der Waals surface area contributed by atoms with Crippen molar-refractivity contribution in [3.8, 4) is 0 Å². The summed E-state index contributed by atoms with van der Waals surface area (Å²) < 4.78 is 4.66. The Morgan fingerprint density at radius 1 is 1.17 bits per heavy atom. The number of amides is 1. The van der Waals surface area contributed by atoms with E-state index in [0.29, 0.717) is 0 Å². The standard InChI is InChI=1S/C17H16N2O5/c1-24-16(20)11-15(12-6-3-2-4-7-12)18-17(21)13-8-5-9-14(10-13)19(22)23/h2-10,15H,11H2,1H3,(H,18,21). The molecule has 0 aliphatic rings. The van der Waals surface area contributed by atoms with Gasteiger partial charge in [0.25, 0.3) is 11.6 Å². The smallest absolute Gasteiger partial charge is 0.307 e. The van der Waals surface area contributed by atoms with Crippen LogP contribution in [0.1, 0.15) is 28.4 Å². The summed E-state index contributed by atoms with van der Waals surface area (Å²) in [5, 5.41) is 13.5. The molecule has 0 aromatic heterocycles. The van der Waals surface area contributed by atoms with Crippen LogP contribution in [-0.4, -0.2) is 23.9 Å². The van der Waals surface area contributed by atoms with Crippen molar-refractivity contribution in [2.45, 2.75) is 12.5 Å². The summed E-state index contributed by atoms with van der Waals surface area (Å²) in [6, 6.07) is 13.8. The fraction of sp³-hybridized carbons (Fsp3) is 0.176. The molecule has 0 radical (unpaired) electrons. The minimum absolute atomic E-state index is 0.0405. The van der Waals surface area contributed by atoms with E-state index in [1.807, 2.05) is 6.07 Å². The van der Waals surface area contributed by atoms with Crippen LogP contribution in [0.5, 0.6) is 0 Å². The van der Waals surface area contributed by atoms with Gasteiger partial charge in [0, 0.05) is 17.7 Å². The van der Waals surface area contributed by atoms with E-state index in [4.69, 9.17) is 0 Å². The second kappa shape index (κ2) is 7.87. The third-order valence-corrected chi connectivity index (χ3v) is 3.42. The van der Waals surface area contributed by atoms with E-state index in [-0.39, 0.29) is 17.7 Å². The zero-order chi connectivity index (χ0) is 17.5. The molecule has 7 heteroatoms. The molecule has 2 rings (SSSR count). The molecule has 2 aromatic carbocycles. The Morgan fingerprint density at radius 2 is 1.88 bits per heavy atom. The number of ether oxygens (including phenoxy) is 1. The highest BCUT2D eigenvalue weighted by atomic mass is 16.6. The van der Waals surface area contributed by atoms with Gasteiger partial charge >= 0.3 is 5.97 Å². The summed E-state index contributed by atoms with van der Waals surface area (Å²) in [7, 11) is 1.27. The molecule has 1 atom stereocenters. The molecule has 1 unspecified atom stereocenters. The van der Waals surface area contributed by atoms with Crippen molar-refractivity contribution in [1.82, 2.24) is 5.32 Å². The topological polar surface area (TPSA) is 98.5 Å². The monoisotopic (exact) mass is 328 g/mol. The number of non-ortho nitro benzene ring substituents is 1. The van der Waals surface area contributed by atoms with Crippen molar-refractivity contribution in [3.05, 3.63) is 75.8 Å². The quantitative estimate of drug-likeness (QED) is 0.499. The lowest BCUT2D eigenvalue weighted by Gasteiger charge is -2.18. The molecule has 7 nitrogen and oxygen atoms in total. The molecule has 0 saturated carbocycles. The van der Waals surface area contributed by atoms with Gasteiger partial charge in [-0.15, -0.1) is 0 Å². The molecule has 0 aliphatic carbocycles. The van der Waals surface area contributed by atoms with E-state index in [1.165, 1.54) is 31.4 Å². The number of esters is 1. The molecule has 2 aromatic rings. The number of carbonyl (C=O) groups excluding carboxylic acids is 2. The van der Waals surface area contributed by atoms with E-state index in [1.54, 1.807) is 24.3 Å². The molecular weight excluding hydrogens is 312 g/mol. The molecule has 0 spiro atoms. The number of nitro groups is 1. The minimum Gasteiger partial charge on any atom is -0.469 e. The zero-order valence-corrected chi connectivity index (χ0v) is 13.0. The zero-order valence-electron chi connectivity index (χ0n) is 13.0. The molecule has 1 N–H and O–H groups in total. The van der Waals surface area contributed by atoms with Gasteiger partial charge in [0.2, 0.25) is 0 Å². The summed E-state index contributed by atoms with van der Waals surface area (Å²) in [6.07, 6.45) is -0.0405. The first-order valence-electron chi connectivity index (χ1n) is 7.18. The second-order valence-corrected chi connectivity index (χ2v) is 5.02. The number of nitrogens with one attached hydrogen (secondary N) is 1. The molecule has 0 saturated heterocycles. The normalized spacial score (nSPS) is 11.4. The van der Waals surface area contributed by atoms with Gasteiger partial charge in [0.1, 0.15) is 0 Å². The van der Waals surface area contributed by atoms with Crippen molar-refractivity contribution in [1.29, 1.82) is 0 Å². The number of hydrogen-bond donors (Lipinski definition) is 1. The molecule has 0 bridgehead atoms. The van der Waals surface area contributed by atoms with Crippen LogP contribution in [0.3, 0.4) is 0 Å². The summed E-state index contributed by atoms with van der Waals surface area (Å²) >= 11 is 0. The third-order valence-electron chi connectivity index (χ3n) is 3.42. The lowest BCUT2D eigenvalue weighted by Crippen LogP contribution is -2.30. The Labute approximate surface area is 138 Å². The lowest BCUT2D eigenvalue weighted by atomic mass is 10.0. The molecule has 0 heterocycles. The Kier molecular flexibility index (Phi) is 5.62. The SMILES string of the molecule is COC(=O)CC(NC(=O)c1cccc([N+](=O)[O-])c1)c1ccccc1. The summed E-state index contributed by atoms with van der Waals surface area (Å²) in [6.45, 7) is 0. The van der Waals surface area contributed by atoms with Crippen molar-refractivity contribution in [2.24, 2.45) is 0 Å². The molecular formula is C17H16N2O5. The highest BCUT2D eigenvalue weighted by Gasteiger charge is 2.20. The van der Waals surface area contributed by atoms with E-state index < -0.39 is 22.8 Å². The van der Waals surface area contributed by atoms with Gasteiger partial charge in [-0.25, -0.2) is 0 Å². The van der Waals surface area contributed by atoms with Gasteiger partial charge < -0.3 is 10.1 Å². The lowest BCUT2D eigenvalue weighted by molar-refractivity contribution is -0.384. The highest BCUT2D eigenvalue weighted by Crippen LogP contribution is 2.19. The summed E-state index contributed by atoms with van der Waals surface area (Å²) in [5.74, 6) is -0.973. The van der Waals surface area contributed by atoms with Crippen LogP contribution in [0, 0.1) is 10.1 Å². The van der Waals surface area contributed by atoms with Gasteiger partial charge in [0.15, 0.2) is 0 Å². The van der Waals surface area contributed by atoms with E-state index in [2.05, 4.69) is 10.1 Å². The largest absolute Gasteiger partial charge is 0.469 e. The molecule has 24 heavy (non-hydrogen) atoms. The van der Waals surface area contributed by atoms with Crippen LogP contribution >= 0.6 is 0 Å². The maximum Gasteiger partial charge on any atom is 0.307 e. The highest BCUT2D eigenvalue weighted by molar-refractivity contribution is 5.95. The molecule has 1 amide bonds. The Balaban J connectivity index is 2.22. The van der Waals surface area contributed by atoms with Crippen molar-refractivity contribution in [2.75, 3.05) is 7.11 Å². The van der Waals surface area contributed by atoms with Gasteiger partial charge in [-0.3, -0.25) is 19.7 Å². The third kappa shape index (κ3) is 4.39. The predicted octanol–water partition coefficient (Wildman–Crippen LogP) is 2.63. The van der Waals surface area contributed by atoms with E-state index >= 15 is 0 Å². The molecule has 0 aliphatic heterocycles. The Morgan fingerprint density at radius 3 is 2.50 bits per heavy atom. The Bertz CT molecular complexity index is 746. The number of nitrogens with zero attached hydrogens (tertiary/aromatic N) is 1. The number of nitro benzene ring substituents is 1. The van der Waals surface area contributed by atoms with Crippen LogP contribution in [0.15, 0.2) is 54.6 Å². The van der Waals surface area contributed by atoms with Crippen LogP contribution in [0.2, 0.25) is 0 Å². The first kappa shape index (κ1) is 17.1. The number of hydrogen-bond acceptors (Lipinski definition) is 5. The van der Waals surface area contributed by atoms with Gasteiger partial charge in [-0.2, -0.15) is 0 Å². The fourth-order valence-corrected chi connectivity index (χ4v) is 2.19. The minimum atomic E-state index is -0.592. The Hall–Kier alpha value is -3.22. The molecule has 124 valence electrons. The van der Waals surface area contributed by atoms with Crippen LogP contribution in [0.25, 0.3) is 0 Å². The number of carbonyl (C=O) groups is 2. The van der Waals surface area contributed by atoms with Gasteiger partial charge in [0.05, 0.1) is 24.5 Å². The van der Waals surface area contributed by atoms with Crippen molar-refractivity contribution < 1.29 is 19.2 Å². The van der Waals surface area contributed by atoms with Crippen LogP contribution < -0.4 is 5.32 Å². The number of rotatable bonds is 6. The fourth-order valence-electron chi connectivity index (χ4n) is 2.19. The maximum absolute atomic E-state index is 12.4. The predicted molar refractivity (Wildman–Crippen MR) is 86.4 cm³/mol. The van der Waals surface area contributed by atoms with Crippen LogP contribution in [0.4, 0.5) is 5.69 Å². The van der Waals surface area contributed by atoms with Crippen molar-refractivity contribution in [3.63, 3.8) is 0 Å². The van der Waals surface area contributed by atoms with E-state index in [9.17, 15) is 19.7 Å². The molecule has 0 fully saturated rings. The van der Waals surface area contributed by atoms with Crippen molar-refractivity contribution >= 4 is 17.6 Å². The summed E-state index contributed by atoms with van der Waals surface area (Å²) in [4.78, 5) is 34.2. The number of methoxy groups -OCH3 is 1. The van der Waals surface area contributed by atoms with E-state index in [0.717, 1.165) is 5.56 Å². The van der Waals surface area contributed by atoms with Gasteiger partial charge in [-0.05, 0) is 11.6 Å². The van der Waals surface area contributed by atoms with Gasteiger partial charge in [-0.1, -0.05) is 36.4 Å². The average molecular weight is 328 g/mol. The first-order valence-corrected chi connectivity index (χ1v) is 7.18. The average Bonchev–Trinajstić information content (AvgIpc) is 2.61. The maximum atomic E-state index is 12.4. The number of benzene rings is 2. The summed E-state index contributed by atoms with van der Waals surface area (Å²) in [5.41, 5.74) is 0.712.